The number of benzene rings is 2. The molecule has 2 aromatic carbocycles. The highest BCUT2D eigenvalue weighted by Gasteiger charge is 2.29. The van der Waals surface area contributed by atoms with Gasteiger partial charge < -0.3 is 19.8 Å². The molecule has 0 bridgehead atoms. The van der Waals surface area contributed by atoms with E-state index in [1.165, 1.54) is 31.4 Å². The Labute approximate surface area is 197 Å². The molecule has 0 radical (unpaired) electrons. The molecule has 2 heterocycles. The van der Waals surface area contributed by atoms with Gasteiger partial charge in [0.1, 0.15) is 16.9 Å². The maximum Gasteiger partial charge on any atom is 0.287 e. The van der Waals surface area contributed by atoms with Gasteiger partial charge in [-0.2, -0.15) is 8.42 Å². The van der Waals surface area contributed by atoms with Crippen LogP contribution in [0.15, 0.2) is 68.6 Å². The Kier molecular flexibility index (Phi) is 5.82. The molecule has 2 aliphatic rings. The highest BCUT2D eigenvalue weighted by atomic mass is 32.2. The van der Waals surface area contributed by atoms with E-state index in [1.54, 1.807) is 19.1 Å². The van der Waals surface area contributed by atoms with Crippen LogP contribution in [-0.4, -0.2) is 38.3 Å². The van der Waals surface area contributed by atoms with Crippen LogP contribution in [0.3, 0.4) is 0 Å². The van der Waals surface area contributed by atoms with Crippen LogP contribution in [0.25, 0.3) is 0 Å². The fourth-order valence-electron chi connectivity index (χ4n) is 3.72. The van der Waals surface area contributed by atoms with Gasteiger partial charge in [0.2, 0.25) is 11.7 Å². The van der Waals surface area contributed by atoms with E-state index in [9.17, 15) is 13.2 Å². The maximum atomic E-state index is 12.9. The van der Waals surface area contributed by atoms with Crippen molar-refractivity contribution in [1.29, 1.82) is 0 Å². The number of sulfonamides is 1. The summed E-state index contributed by atoms with van der Waals surface area (Å²) in [7, 11) is -3.99. The monoisotopic (exact) mass is 480 g/mol. The Hall–Kier alpha value is -3.66. The number of hydrogen-bond donors (Lipinski definition) is 2. The number of carbonyl (C=O) groups excluding carboxylic acids is 1. The highest BCUT2D eigenvalue weighted by Crippen LogP contribution is 2.31. The second-order valence-corrected chi connectivity index (χ2v) is 10.1. The maximum absolute atomic E-state index is 12.9. The lowest BCUT2D eigenvalue weighted by Gasteiger charge is -2.20. The number of oxazole rings is 1. The molecule has 34 heavy (non-hydrogen) atoms. The largest absolute Gasteiger partial charge is 0.493 e. The van der Waals surface area contributed by atoms with E-state index in [0.29, 0.717) is 24.1 Å². The molecule has 1 atom stereocenters. The lowest BCUT2D eigenvalue weighted by molar-refractivity contribution is -0.114. The van der Waals surface area contributed by atoms with Gasteiger partial charge >= 0.3 is 0 Å². The zero-order chi connectivity index (χ0) is 23.7. The number of carbonyl (C=O) groups is 1. The number of aryl methyl sites for hydroxylation is 1. The smallest absolute Gasteiger partial charge is 0.287 e. The summed E-state index contributed by atoms with van der Waals surface area (Å²) in [5.41, 5.74) is 1.95. The summed E-state index contributed by atoms with van der Waals surface area (Å²) in [6.07, 6.45) is 5.40. The van der Waals surface area contributed by atoms with Gasteiger partial charge in [0, 0.05) is 6.54 Å². The number of amidine groups is 1. The first kappa shape index (κ1) is 22.1. The minimum atomic E-state index is -3.99. The number of fused-ring (bicyclic) bond motifs is 1. The molecule has 5 rings (SSSR count). The summed E-state index contributed by atoms with van der Waals surface area (Å²) in [6, 6.07) is 12.5. The number of aromatic nitrogens is 1. The van der Waals surface area contributed by atoms with Crippen molar-refractivity contribution in [3.63, 3.8) is 0 Å². The second-order valence-electron chi connectivity index (χ2n) is 8.50. The van der Waals surface area contributed by atoms with Crippen molar-refractivity contribution in [2.75, 3.05) is 18.5 Å². The molecule has 1 saturated carbocycles. The average molecular weight is 481 g/mol. The van der Waals surface area contributed by atoms with Gasteiger partial charge in [-0.3, -0.25) is 4.79 Å². The van der Waals surface area contributed by atoms with Crippen LogP contribution in [0, 0.1) is 12.8 Å². The van der Waals surface area contributed by atoms with Gasteiger partial charge in [-0.25, -0.2) is 4.98 Å². The van der Waals surface area contributed by atoms with E-state index in [2.05, 4.69) is 20.0 Å². The number of amides is 1. The first-order valence-corrected chi connectivity index (χ1v) is 12.5. The molecule has 1 unspecified atom stereocenters. The minimum Gasteiger partial charge on any atom is -0.493 e. The topological polar surface area (TPSA) is 123 Å². The normalized spacial score (nSPS) is 17.1. The van der Waals surface area contributed by atoms with Gasteiger partial charge in [-0.05, 0) is 61.1 Å². The predicted molar refractivity (Wildman–Crippen MR) is 125 cm³/mol. The number of hydrogen-bond acceptors (Lipinski definition) is 7. The standard InChI is InChI=1S/C24H24N4O5S/c1-15-5-8-20-21(11-15)34(30,31)28-22(27-20)23(29)26-13-19(24-25-9-10-32-24)17-3-2-4-18(12-17)33-14-16-6-7-16/h2-5,8-12,16,19H,6-7,13-14H2,1H3,(H,26,29)(H,27,28). The molecule has 1 fully saturated rings. The van der Waals surface area contributed by atoms with Gasteiger partial charge in [-0.15, -0.1) is 4.40 Å². The Morgan fingerprint density at radius 1 is 1.26 bits per heavy atom. The van der Waals surface area contributed by atoms with Crippen LogP contribution in [0.4, 0.5) is 5.69 Å². The van der Waals surface area contributed by atoms with E-state index < -0.39 is 21.8 Å². The molecule has 1 amide bonds. The fourth-order valence-corrected chi connectivity index (χ4v) is 4.92. The first-order valence-electron chi connectivity index (χ1n) is 11.0. The Morgan fingerprint density at radius 3 is 2.88 bits per heavy atom. The van der Waals surface area contributed by atoms with Crippen molar-refractivity contribution in [2.24, 2.45) is 10.3 Å². The molecule has 9 nitrogen and oxygen atoms in total. The summed E-state index contributed by atoms with van der Waals surface area (Å²) < 4.78 is 40.3. The van der Waals surface area contributed by atoms with E-state index >= 15 is 0 Å². The van der Waals surface area contributed by atoms with Crippen LogP contribution >= 0.6 is 0 Å². The molecule has 1 aromatic heterocycles. The molecule has 1 aliphatic carbocycles. The zero-order valence-corrected chi connectivity index (χ0v) is 19.3. The lowest BCUT2D eigenvalue weighted by Crippen LogP contribution is -2.40. The van der Waals surface area contributed by atoms with Gasteiger partial charge in [0.25, 0.3) is 15.9 Å². The summed E-state index contributed by atoms with van der Waals surface area (Å²) in [5, 5.41) is 5.58. The number of ether oxygens (including phenoxy) is 1. The van der Waals surface area contributed by atoms with E-state index in [4.69, 9.17) is 9.15 Å². The van der Waals surface area contributed by atoms with Gasteiger partial charge in [0.05, 0.1) is 24.4 Å². The molecular formula is C24H24N4O5S. The van der Waals surface area contributed by atoms with Gasteiger partial charge in [0.15, 0.2) is 0 Å². The third-order valence-electron chi connectivity index (χ3n) is 5.75. The van der Waals surface area contributed by atoms with E-state index in [0.717, 1.165) is 16.9 Å². The number of anilines is 1. The summed E-state index contributed by atoms with van der Waals surface area (Å²) in [4.78, 5) is 17.2. The first-order chi connectivity index (χ1) is 16.4. The van der Waals surface area contributed by atoms with Crippen LogP contribution in [0.1, 0.15) is 35.8 Å². The summed E-state index contributed by atoms with van der Waals surface area (Å²) in [6.45, 7) is 2.59. The molecule has 1 aliphatic heterocycles. The molecular weight excluding hydrogens is 456 g/mol. The molecule has 10 heteroatoms. The van der Waals surface area contributed by atoms with Crippen molar-refractivity contribution in [3.05, 3.63) is 71.9 Å². The number of rotatable bonds is 8. The zero-order valence-electron chi connectivity index (χ0n) is 18.5. The van der Waals surface area contributed by atoms with Crippen LogP contribution in [0.2, 0.25) is 0 Å². The number of nitrogens with zero attached hydrogens (tertiary/aromatic N) is 2. The Morgan fingerprint density at radius 2 is 2.12 bits per heavy atom. The lowest BCUT2D eigenvalue weighted by atomic mass is 9.98. The van der Waals surface area contributed by atoms with Crippen LogP contribution < -0.4 is 15.4 Å². The average Bonchev–Trinajstić information content (AvgIpc) is 3.50. The van der Waals surface area contributed by atoms with Crippen LogP contribution in [-0.2, 0) is 14.8 Å². The molecule has 176 valence electrons. The Bertz CT molecular complexity index is 1350. The minimum absolute atomic E-state index is 0.0460. The highest BCUT2D eigenvalue weighted by molar-refractivity contribution is 7.90. The predicted octanol–water partition coefficient (Wildman–Crippen LogP) is 3.23. The van der Waals surface area contributed by atoms with Crippen molar-refractivity contribution in [3.8, 4) is 5.75 Å². The molecule has 2 N–H and O–H groups in total. The Balaban J connectivity index is 1.33. The SMILES string of the molecule is Cc1ccc2c(c1)S(=O)(=O)N=C(C(=O)NCC(c1cccc(OCC3CC3)c1)c1ncco1)N2. The fraction of sp³-hybridized carbons (Fsp3) is 0.292. The van der Waals surface area contributed by atoms with Crippen LogP contribution in [0.5, 0.6) is 5.75 Å². The van der Waals surface area contributed by atoms with Gasteiger partial charge in [-0.1, -0.05) is 18.2 Å². The van der Waals surface area contributed by atoms with Crippen molar-refractivity contribution < 1.29 is 22.4 Å². The molecule has 0 spiro atoms. The third kappa shape index (κ3) is 4.81. The summed E-state index contributed by atoms with van der Waals surface area (Å²) >= 11 is 0. The van der Waals surface area contributed by atoms with Crippen molar-refractivity contribution in [2.45, 2.75) is 30.6 Å². The third-order valence-corrected chi connectivity index (χ3v) is 7.07. The summed E-state index contributed by atoms with van der Waals surface area (Å²) in [5.74, 6) is 0.450. The second kappa shape index (κ2) is 8.94. The quantitative estimate of drug-likeness (QED) is 0.507. The molecule has 3 aromatic rings. The number of nitrogens with one attached hydrogen (secondary N) is 2. The molecule has 0 saturated heterocycles. The van der Waals surface area contributed by atoms with E-state index in [-0.39, 0.29) is 17.3 Å². The van der Waals surface area contributed by atoms with Crippen molar-refractivity contribution >= 4 is 27.5 Å². The van der Waals surface area contributed by atoms with Crippen molar-refractivity contribution in [1.82, 2.24) is 10.3 Å². The van der Waals surface area contributed by atoms with E-state index in [1.807, 2.05) is 24.3 Å².